The molecule has 0 aromatic rings. The van der Waals surface area contributed by atoms with Crippen LogP contribution in [-0.4, -0.2) is 138 Å². The van der Waals surface area contributed by atoms with Crippen molar-refractivity contribution in [3.05, 3.63) is 0 Å². The van der Waals surface area contributed by atoms with Crippen LogP contribution in [0.25, 0.3) is 0 Å². The molecule has 0 N–H and O–H groups in total. The average molecular weight is 109 g/mol. The van der Waals surface area contributed by atoms with E-state index in [1.54, 1.807) is 0 Å². The second kappa shape index (κ2) is 15.6. The van der Waals surface area contributed by atoms with Gasteiger partial charge in [-0.2, -0.15) is 0 Å². The van der Waals surface area contributed by atoms with Gasteiger partial charge in [0, 0.05) is 138 Å². The summed E-state index contributed by atoms with van der Waals surface area (Å²) >= 11 is 0. The third-order valence-corrected chi connectivity index (χ3v) is 0. The Morgan fingerprint density at radius 1 is 1.00 bits per heavy atom. The van der Waals surface area contributed by atoms with Gasteiger partial charge in [0.2, 0.25) is 0 Å². The molecule has 0 spiro atoms. The predicted octanol–water partition coefficient (Wildman–Crippen LogP) is -1.52. The van der Waals surface area contributed by atoms with E-state index in [4.69, 9.17) is 0 Å². The fraction of sp³-hybridized carbons (Fsp3) is 0. The van der Waals surface area contributed by atoms with Crippen LogP contribution in [0.2, 0.25) is 0 Å². The van der Waals surface area contributed by atoms with Crippen molar-refractivity contribution in [3.63, 3.8) is 0 Å². The summed E-state index contributed by atoms with van der Waals surface area (Å²) in [5, 5.41) is 0. The minimum Gasteiger partial charge on any atom is 0 e. The first kappa shape index (κ1) is 23.6. The van der Waals surface area contributed by atoms with Gasteiger partial charge in [-0.05, 0) is 0 Å². The maximum Gasteiger partial charge on any atom is 0 e. The van der Waals surface area contributed by atoms with Crippen molar-refractivity contribution in [2.45, 2.75) is 0 Å². The molecule has 0 fully saturated rings. The molecule has 5 radical (unpaired) electrons. The van der Waals surface area contributed by atoms with Gasteiger partial charge in [0.05, 0.1) is 0 Å². The summed E-state index contributed by atoms with van der Waals surface area (Å²) < 4.78 is 0. The molecule has 0 aromatic heterocycles. The zero-order valence-corrected chi connectivity index (χ0v) is 11.0. The summed E-state index contributed by atoms with van der Waals surface area (Å²) in [6.07, 6.45) is 0. The molecule has 0 atom stereocenters. The molecule has 0 aromatic carbocycles. The summed E-state index contributed by atoms with van der Waals surface area (Å²) in [5.74, 6) is 0. The van der Waals surface area contributed by atoms with Crippen molar-refractivity contribution in [3.8, 4) is 0 Å². The van der Waals surface area contributed by atoms with Gasteiger partial charge in [-0.3, -0.25) is 0 Å². The van der Waals surface area contributed by atoms with Crippen molar-refractivity contribution >= 4 is 138 Å². The molecule has 0 saturated carbocycles. The van der Waals surface area contributed by atoms with E-state index in [9.17, 15) is 0 Å². The minimum absolute atomic E-state index is 0. The van der Waals surface area contributed by atoms with Crippen LogP contribution in [0.1, 0.15) is 0 Å². The first-order chi connectivity index (χ1) is 0. The van der Waals surface area contributed by atoms with E-state index in [1.165, 1.54) is 0 Å². The third-order valence-electron chi connectivity index (χ3n) is 0. The van der Waals surface area contributed by atoms with Gasteiger partial charge in [0.1, 0.15) is 0 Å². The Morgan fingerprint density at radius 3 is 1.00 bits per heavy atom. The van der Waals surface area contributed by atoms with E-state index in [2.05, 4.69) is 0 Å². The normalized spacial score (nSPS) is 0. The van der Waals surface area contributed by atoms with Crippen molar-refractivity contribution in [2.75, 3.05) is 0 Å². The van der Waals surface area contributed by atoms with Crippen LogP contribution >= 0.6 is 0 Å². The van der Waals surface area contributed by atoms with Gasteiger partial charge in [0.15, 0.2) is 0 Å². The fourth-order valence-corrected chi connectivity index (χ4v) is 0. The Morgan fingerprint density at radius 2 is 1.00 bits per heavy atom. The largest absolute Gasteiger partial charge is 0 e. The van der Waals surface area contributed by atoms with Crippen LogP contribution in [0.3, 0.4) is 0 Å². The van der Waals surface area contributed by atoms with E-state index in [0.29, 0.717) is 0 Å². The van der Waals surface area contributed by atoms with Crippen molar-refractivity contribution in [2.24, 2.45) is 0 Å². The predicted molar refractivity (Wildman–Crippen MR) is 23.0 cm³/mol. The minimum atomic E-state index is 0. The van der Waals surface area contributed by atoms with Gasteiger partial charge < -0.3 is 0 Å². The van der Waals surface area contributed by atoms with Crippen LogP contribution in [0, 0.1) is 0 Å². The molecule has 0 aliphatic rings. The molecular weight excluding hydrogens is 109 g/mol. The quantitative estimate of drug-likeness (QED) is 0.331. The summed E-state index contributed by atoms with van der Waals surface area (Å²) in [6, 6.07) is 0. The van der Waals surface area contributed by atoms with E-state index >= 15 is 0 Å². The molecule has 5 valence electrons. The van der Waals surface area contributed by atoms with Crippen LogP contribution in [0.15, 0.2) is 0 Å². The molecule has 4 heteroatoms. The molecule has 0 aliphatic heterocycles. The van der Waals surface area contributed by atoms with Crippen molar-refractivity contribution < 1.29 is 0 Å². The molecule has 0 aliphatic carbocycles. The number of rotatable bonds is 0. The Labute approximate surface area is 133 Å². The average Bonchev–Trinajstić information content (AvgIpc) is 0. The molecule has 0 rings (SSSR count). The fourth-order valence-electron chi connectivity index (χ4n) is 0. The second-order valence-electron chi connectivity index (χ2n) is 0. The summed E-state index contributed by atoms with van der Waals surface area (Å²) in [4.78, 5) is 0. The topological polar surface area (TPSA) is 0 Å². The number of hydrogen-bond acceptors (Lipinski definition) is 0. The molecule has 4 heavy (non-hydrogen) atoms. The van der Waals surface area contributed by atoms with Crippen LogP contribution < -0.4 is 0 Å². The van der Waals surface area contributed by atoms with Crippen LogP contribution in [0.5, 0.6) is 0 Å². The summed E-state index contributed by atoms with van der Waals surface area (Å²) in [5.41, 5.74) is 0. The van der Waals surface area contributed by atoms with Gasteiger partial charge in [-0.15, -0.1) is 0 Å². The van der Waals surface area contributed by atoms with E-state index in [1.807, 2.05) is 0 Å². The zero-order valence-electron chi connectivity index (χ0n) is 3.71. The van der Waals surface area contributed by atoms with E-state index in [-0.39, 0.29) is 138 Å². The smallest absolute Gasteiger partial charge is 0 e. The zero-order chi connectivity index (χ0) is 0. The molecule has 0 saturated heterocycles. The van der Waals surface area contributed by atoms with Crippen molar-refractivity contribution in [1.29, 1.82) is 0 Å². The monoisotopic (exact) mass is 109 g/mol. The van der Waals surface area contributed by atoms with Crippen LogP contribution in [-0.2, 0) is 0 Å². The first-order valence-electron chi connectivity index (χ1n) is 0. The van der Waals surface area contributed by atoms with Crippen LogP contribution in [0.4, 0.5) is 0 Å². The number of hydrogen-bond donors (Lipinski definition) is 0. The van der Waals surface area contributed by atoms with E-state index in [0.717, 1.165) is 0 Å². The Bertz CT molecular complexity index is 8.00. The maximum atomic E-state index is 0. The first-order valence-corrected chi connectivity index (χ1v) is 0. The molecular formula is CaKLiNa. The Hall–Kier alpha value is 4.49. The van der Waals surface area contributed by atoms with E-state index < -0.39 is 0 Å². The second-order valence-corrected chi connectivity index (χ2v) is 0. The molecule has 0 nitrogen and oxygen atoms in total. The standard InChI is InChI=1S/Ca.K.Li.Na. The summed E-state index contributed by atoms with van der Waals surface area (Å²) in [7, 11) is 0. The van der Waals surface area contributed by atoms with Gasteiger partial charge in [0.25, 0.3) is 0 Å². The van der Waals surface area contributed by atoms with Gasteiger partial charge in [-0.1, -0.05) is 0 Å². The maximum absolute atomic E-state index is 0. The molecule has 0 amide bonds. The molecule has 0 unspecified atom stereocenters. The SMILES string of the molecule is [Ca].[K].[Li].[Na]. The van der Waals surface area contributed by atoms with Gasteiger partial charge in [-0.25, -0.2) is 0 Å². The molecule has 0 heterocycles. The van der Waals surface area contributed by atoms with Gasteiger partial charge >= 0.3 is 0 Å². The Kier molecular flexibility index (Phi) is 92.4. The van der Waals surface area contributed by atoms with Crippen molar-refractivity contribution in [1.82, 2.24) is 0 Å². The molecule has 0 bridgehead atoms. The third kappa shape index (κ3) is 9.71. The summed E-state index contributed by atoms with van der Waals surface area (Å²) in [6.45, 7) is 0. The Balaban J connectivity index is 0.